The number of fused-ring (bicyclic) bond motifs is 1. The number of amides is 1. The van der Waals surface area contributed by atoms with Crippen LogP contribution in [0.25, 0.3) is 0 Å². The maximum absolute atomic E-state index is 12.1. The Bertz CT molecular complexity index is 290. The highest BCUT2D eigenvalue weighted by Gasteiger charge is 2.34. The third-order valence-electron chi connectivity index (χ3n) is 4.28. The van der Waals surface area contributed by atoms with Gasteiger partial charge in [-0.15, -0.1) is 0 Å². The first-order valence-corrected chi connectivity index (χ1v) is 6.78. The fraction of sp³-hybridized carbons (Fsp3) is 0.923. The summed E-state index contributed by atoms with van der Waals surface area (Å²) in [4.78, 5) is 14.6. The van der Waals surface area contributed by atoms with Crippen LogP contribution in [0.3, 0.4) is 0 Å². The predicted octanol–water partition coefficient (Wildman–Crippen LogP) is 0.714. The van der Waals surface area contributed by atoms with Crippen LogP contribution in [0.1, 0.15) is 39.5 Å². The molecule has 0 aromatic carbocycles. The average Bonchev–Trinajstić information content (AvgIpc) is 2.76. The highest BCUT2D eigenvalue weighted by atomic mass is 16.2. The van der Waals surface area contributed by atoms with Gasteiger partial charge < -0.3 is 16.0 Å². The Morgan fingerprint density at radius 1 is 1.41 bits per heavy atom. The monoisotopic (exact) mass is 239 g/mol. The second-order valence-corrected chi connectivity index (χ2v) is 6.11. The number of hydrogen-bond donors (Lipinski definition) is 2. The molecule has 1 amide bonds. The van der Waals surface area contributed by atoms with Crippen molar-refractivity contribution in [3.05, 3.63) is 0 Å². The summed E-state index contributed by atoms with van der Waals surface area (Å²) in [5.41, 5.74) is 5.19. The lowest BCUT2D eigenvalue weighted by molar-refractivity contribution is -0.130. The van der Waals surface area contributed by atoms with Gasteiger partial charge >= 0.3 is 0 Å². The second kappa shape index (κ2) is 4.94. The van der Waals surface area contributed by atoms with Crippen LogP contribution in [0, 0.1) is 5.41 Å². The van der Waals surface area contributed by atoms with Gasteiger partial charge in [0.2, 0.25) is 5.91 Å². The predicted molar refractivity (Wildman–Crippen MR) is 68.6 cm³/mol. The van der Waals surface area contributed by atoms with E-state index in [-0.39, 0.29) is 5.91 Å². The smallest absolute Gasteiger partial charge is 0.227 e. The minimum absolute atomic E-state index is 0.108. The highest BCUT2D eigenvalue weighted by molar-refractivity contribution is 5.82. The first-order valence-electron chi connectivity index (χ1n) is 6.78. The number of piperidine rings is 1. The summed E-state index contributed by atoms with van der Waals surface area (Å²) in [6, 6.07) is 1.06. The molecule has 98 valence electrons. The fourth-order valence-corrected chi connectivity index (χ4v) is 2.83. The molecule has 2 saturated heterocycles. The van der Waals surface area contributed by atoms with E-state index in [2.05, 4.69) is 10.2 Å². The molecule has 0 aromatic heterocycles. The van der Waals surface area contributed by atoms with Gasteiger partial charge in [0.1, 0.15) is 0 Å². The van der Waals surface area contributed by atoms with Crippen LogP contribution >= 0.6 is 0 Å². The molecule has 2 fully saturated rings. The van der Waals surface area contributed by atoms with Gasteiger partial charge in [-0.3, -0.25) is 4.79 Å². The first-order chi connectivity index (χ1) is 8.03. The van der Waals surface area contributed by atoms with Gasteiger partial charge in [0, 0.05) is 25.2 Å². The SMILES string of the molecule is CC(C)(CN)C(=O)NC1CCN2CCCC2C1. The molecule has 0 spiro atoms. The second-order valence-electron chi connectivity index (χ2n) is 6.11. The summed E-state index contributed by atoms with van der Waals surface area (Å²) in [5.74, 6) is 0.108. The molecule has 2 aliphatic heterocycles. The van der Waals surface area contributed by atoms with Crippen LogP contribution in [0.15, 0.2) is 0 Å². The van der Waals surface area contributed by atoms with Crippen molar-refractivity contribution in [2.24, 2.45) is 11.1 Å². The molecule has 2 rings (SSSR count). The summed E-state index contributed by atoms with van der Waals surface area (Å²) in [7, 11) is 0. The Morgan fingerprint density at radius 3 is 2.88 bits per heavy atom. The Balaban J connectivity index is 1.86. The van der Waals surface area contributed by atoms with Crippen molar-refractivity contribution in [2.75, 3.05) is 19.6 Å². The van der Waals surface area contributed by atoms with Crippen LogP contribution in [-0.4, -0.2) is 42.5 Å². The number of hydrogen-bond acceptors (Lipinski definition) is 3. The third-order valence-corrected chi connectivity index (χ3v) is 4.28. The molecule has 0 aromatic rings. The lowest BCUT2D eigenvalue weighted by atomic mass is 9.90. The van der Waals surface area contributed by atoms with Gasteiger partial charge in [-0.05, 0) is 46.1 Å². The summed E-state index contributed by atoms with van der Waals surface area (Å²) in [6.07, 6.45) is 4.82. The normalized spacial score (nSPS) is 30.1. The van der Waals surface area contributed by atoms with Crippen molar-refractivity contribution in [2.45, 2.75) is 51.6 Å². The maximum Gasteiger partial charge on any atom is 0.227 e. The molecular formula is C13H25N3O. The molecule has 4 heteroatoms. The van der Waals surface area contributed by atoms with Gasteiger partial charge in [0.25, 0.3) is 0 Å². The van der Waals surface area contributed by atoms with Gasteiger partial charge in [-0.25, -0.2) is 0 Å². The van der Waals surface area contributed by atoms with Gasteiger partial charge in [0.15, 0.2) is 0 Å². The number of nitrogens with one attached hydrogen (secondary N) is 1. The standard InChI is InChI=1S/C13H25N3O/c1-13(2,9-14)12(17)15-10-5-7-16-6-3-4-11(16)8-10/h10-11H,3-9,14H2,1-2H3,(H,15,17). The zero-order valence-electron chi connectivity index (χ0n) is 11.0. The van der Waals surface area contributed by atoms with E-state index in [0.29, 0.717) is 18.6 Å². The van der Waals surface area contributed by atoms with Crippen LogP contribution in [0.2, 0.25) is 0 Å². The molecule has 2 unspecified atom stereocenters. The summed E-state index contributed by atoms with van der Waals surface area (Å²) in [6.45, 7) is 6.61. The van der Waals surface area contributed by atoms with E-state index in [1.165, 1.54) is 19.4 Å². The largest absolute Gasteiger partial charge is 0.353 e. The average molecular weight is 239 g/mol. The minimum atomic E-state index is -0.438. The molecule has 0 bridgehead atoms. The van der Waals surface area contributed by atoms with E-state index in [4.69, 9.17) is 5.73 Å². The van der Waals surface area contributed by atoms with E-state index >= 15 is 0 Å². The Kier molecular flexibility index (Phi) is 3.73. The Labute approximate surface area is 104 Å². The van der Waals surface area contributed by atoms with Gasteiger partial charge in [-0.2, -0.15) is 0 Å². The summed E-state index contributed by atoms with van der Waals surface area (Å²) < 4.78 is 0. The molecule has 3 N–H and O–H groups in total. The minimum Gasteiger partial charge on any atom is -0.353 e. The molecule has 0 aliphatic carbocycles. The molecule has 17 heavy (non-hydrogen) atoms. The van der Waals surface area contributed by atoms with Crippen LogP contribution < -0.4 is 11.1 Å². The van der Waals surface area contributed by atoms with Crippen LogP contribution in [0.5, 0.6) is 0 Å². The lowest BCUT2D eigenvalue weighted by Gasteiger charge is -2.36. The van der Waals surface area contributed by atoms with Crippen LogP contribution in [-0.2, 0) is 4.79 Å². The number of carbonyl (C=O) groups is 1. The zero-order valence-corrected chi connectivity index (χ0v) is 11.0. The highest BCUT2D eigenvalue weighted by Crippen LogP contribution is 2.27. The topological polar surface area (TPSA) is 58.4 Å². The quantitative estimate of drug-likeness (QED) is 0.763. The molecule has 0 radical (unpaired) electrons. The molecule has 2 atom stereocenters. The molecule has 0 saturated carbocycles. The van der Waals surface area contributed by atoms with Crippen molar-refractivity contribution < 1.29 is 4.79 Å². The van der Waals surface area contributed by atoms with Crippen molar-refractivity contribution >= 4 is 5.91 Å². The number of carbonyl (C=O) groups excluding carboxylic acids is 1. The first kappa shape index (κ1) is 12.8. The van der Waals surface area contributed by atoms with E-state index in [9.17, 15) is 4.79 Å². The molecule has 2 heterocycles. The maximum atomic E-state index is 12.1. The van der Waals surface area contributed by atoms with E-state index < -0.39 is 5.41 Å². The van der Waals surface area contributed by atoms with Gasteiger partial charge in [0.05, 0.1) is 5.41 Å². The van der Waals surface area contributed by atoms with Gasteiger partial charge in [-0.1, -0.05) is 0 Å². The Hall–Kier alpha value is -0.610. The summed E-state index contributed by atoms with van der Waals surface area (Å²) >= 11 is 0. The van der Waals surface area contributed by atoms with Crippen LogP contribution in [0.4, 0.5) is 0 Å². The molecule has 2 aliphatic rings. The van der Waals surface area contributed by atoms with Crippen molar-refractivity contribution in [1.82, 2.24) is 10.2 Å². The van der Waals surface area contributed by atoms with E-state index in [0.717, 1.165) is 19.4 Å². The number of nitrogens with two attached hydrogens (primary N) is 1. The number of rotatable bonds is 3. The summed E-state index contributed by atoms with van der Waals surface area (Å²) in [5, 5.41) is 3.18. The van der Waals surface area contributed by atoms with Crippen molar-refractivity contribution in [3.63, 3.8) is 0 Å². The van der Waals surface area contributed by atoms with E-state index in [1.807, 2.05) is 13.8 Å². The fourth-order valence-electron chi connectivity index (χ4n) is 2.83. The number of nitrogens with zero attached hydrogens (tertiary/aromatic N) is 1. The zero-order chi connectivity index (χ0) is 12.5. The van der Waals surface area contributed by atoms with Crippen molar-refractivity contribution in [1.29, 1.82) is 0 Å². The molecular weight excluding hydrogens is 214 g/mol. The Morgan fingerprint density at radius 2 is 2.18 bits per heavy atom. The van der Waals surface area contributed by atoms with Crippen molar-refractivity contribution in [3.8, 4) is 0 Å². The third kappa shape index (κ3) is 2.80. The molecule has 4 nitrogen and oxygen atoms in total. The lowest BCUT2D eigenvalue weighted by Crippen LogP contribution is -2.51. The van der Waals surface area contributed by atoms with E-state index in [1.54, 1.807) is 0 Å².